The number of benzene rings is 1. The average molecular weight is 357 g/mol. The molecule has 0 saturated heterocycles. The molecular formula is C19H24FN5O. The van der Waals surface area contributed by atoms with Crippen LogP contribution in [0, 0.1) is 5.82 Å². The first kappa shape index (κ1) is 17.1. The van der Waals surface area contributed by atoms with Gasteiger partial charge in [-0.2, -0.15) is 0 Å². The quantitative estimate of drug-likeness (QED) is 0.884. The second-order valence-corrected chi connectivity index (χ2v) is 7.41. The number of carbonyl (C=O) groups excluding carboxylic acids is 1. The number of fused-ring (bicyclic) bond motifs is 1. The number of nitrogens with zero attached hydrogens (tertiary/aromatic N) is 3. The van der Waals surface area contributed by atoms with Gasteiger partial charge in [0.2, 0.25) is 5.91 Å². The molecule has 4 rings (SSSR count). The number of carbonyl (C=O) groups is 1. The van der Waals surface area contributed by atoms with E-state index in [9.17, 15) is 9.18 Å². The van der Waals surface area contributed by atoms with E-state index in [2.05, 4.69) is 20.1 Å². The van der Waals surface area contributed by atoms with Crippen molar-refractivity contribution in [1.82, 2.24) is 14.8 Å². The molecule has 1 aliphatic carbocycles. The fourth-order valence-corrected chi connectivity index (χ4v) is 3.94. The van der Waals surface area contributed by atoms with Gasteiger partial charge >= 0.3 is 0 Å². The fraction of sp³-hybridized carbons (Fsp3) is 0.526. The van der Waals surface area contributed by atoms with Crippen LogP contribution >= 0.6 is 0 Å². The van der Waals surface area contributed by atoms with Gasteiger partial charge in [-0.1, -0.05) is 19.3 Å². The molecule has 0 spiro atoms. The zero-order chi connectivity index (χ0) is 18.1. The Morgan fingerprint density at radius 2 is 1.96 bits per heavy atom. The fourth-order valence-electron chi connectivity index (χ4n) is 3.94. The molecule has 138 valence electrons. The van der Waals surface area contributed by atoms with E-state index in [1.54, 1.807) is 12.1 Å². The highest BCUT2D eigenvalue weighted by atomic mass is 19.1. The minimum Gasteiger partial charge on any atom is -0.322 e. The average Bonchev–Trinajstić information content (AvgIpc) is 3.18. The topological polar surface area (TPSA) is 85.8 Å². The Bertz CT molecular complexity index is 825. The van der Waals surface area contributed by atoms with E-state index < -0.39 is 11.4 Å². The molecule has 0 radical (unpaired) electrons. The number of amides is 1. The van der Waals surface area contributed by atoms with Gasteiger partial charge in [0, 0.05) is 18.5 Å². The first-order valence-electron chi connectivity index (χ1n) is 9.39. The summed E-state index contributed by atoms with van der Waals surface area (Å²) in [5.41, 5.74) is 6.18. The highest BCUT2D eigenvalue weighted by Gasteiger charge is 2.37. The summed E-state index contributed by atoms with van der Waals surface area (Å²) in [6, 6.07) is 4.68. The Hall–Kier alpha value is -2.28. The molecule has 1 amide bonds. The van der Waals surface area contributed by atoms with Crippen LogP contribution in [-0.4, -0.2) is 26.2 Å². The number of hydrogen-bond donors (Lipinski definition) is 2. The van der Waals surface area contributed by atoms with E-state index in [4.69, 9.17) is 5.73 Å². The van der Waals surface area contributed by atoms with Gasteiger partial charge in [-0.3, -0.25) is 4.79 Å². The number of aromatic nitrogens is 3. The molecule has 0 atom stereocenters. The maximum absolute atomic E-state index is 14.3. The lowest BCUT2D eigenvalue weighted by atomic mass is 9.98. The van der Waals surface area contributed by atoms with E-state index in [0.717, 1.165) is 55.9 Å². The number of aryl methyl sites for hydroxylation is 1. The van der Waals surface area contributed by atoms with Crippen LogP contribution in [0.5, 0.6) is 0 Å². The third kappa shape index (κ3) is 3.11. The molecule has 0 bridgehead atoms. The first-order chi connectivity index (χ1) is 12.6. The van der Waals surface area contributed by atoms with E-state index >= 15 is 0 Å². The van der Waals surface area contributed by atoms with Crippen molar-refractivity contribution in [3.8, 4) is 11.4 Å². The van der Waals surface area contributed by atoms with Crippen molar-refractivity contribution in [3.05, 3.63) is 29.8 Å². The van der Waals surface area contributed by atoms with E-state index in [1.165, 1.54) is 12.5 Å². The van der Waals surface area contributed by atoms with Crippen molar-refractivity contribution in [1.29, 1.82) is 0 Å². The summed E-state index contributed by atoms with van der Waals surface area (Å²) >= 11 is 0. The van der Waals surface area contributed by atoms with Crippen molar-refractivity contribution < 1.29 is 9.18 Å². The second kappa shape index (κ2) is 6.79. The lowest BCUT2D eigenvalue weighted by Gasteiger charge is -2.22. The number of hydrogen-bond acceptors (Lipinski definition) is 4. The van der Waals surface area contributed by atoms with Crippen LogP contribution in [0.3, 0.4) is 0 Å². The Morgan fingerprint density at radius 1 is 1.15 bits per heavy atom. The van der Waals surface area contributed by atoms with E-state index in [-0.39, 0.29) is 11.6 Å². The minimum absolute atomic E-state index is 0.148. The van der Waals surface area contributed by atoms with Gasteiger partial charge in [0.05, 0.1) is 11.2 Å². The molecule has 7 heteroatoms. The number of anilines is 1. The lowest BCUT2D eigenvalue weighted by Crippen LogP contribution is -2.48. The highest BCUT2D eigenvalue weighted by Crippen LogP contribution is 2.30. The van der Waals surface area contributed by atoms with Crippen LogP contribution in [0.2, 0.25) is 0 Å². The van der Waals surface area contributed by atoms with Crippen LogP contribution < -0.4 is 11.1 Å². The molecule has 2 aromatic rings. The molecule has 2 heterocycles. The maximum Gasteiger partial charge on any atom is 0.244 e. The van der Waals surface area contributed by atoms with Crippen LogP contribution in [0.1, 0.15) is 50.8 Å². The molecule has 1 aromatic carbocycles. The van der Waals surface area contributed by atoms with E-state index in [0.29, 0.717) is 12.8 Å². The SMILES string of the molecule is NC1(C(=O)Nc2cc(-c3nnc4n3CCCCC4)ccc2F)CCCC1. The summed E-state index contributed by atoms with van der Waals surface area (Å²) in [6.45, 7) is 0.864. The summed E-state index contributed by atoms with van der Waals surface area (Å²) in [7, 11) is 0. The molecule has 3 N–H and O–H groups in total. The van der Waals surface area contributed by atoms with Crippen LogP contribution in [0.25, 0.3) is 11.4 Å². The van der Waals surface area contributed by atoms with Crippen LogP contribution in [-0.2, 0) is 17.8 Å². The van der Waals surface area contributed by atoms with Gasteiger partial charge in [-0.25, -0.2) is 4.39 Å². The number of rotatable bonds is 3. The van der Waals surface area contributed by atoms with Crippen molar-refractivity contribution >= 4 is 11.6 Å². The largest absolute Gasteiger partial charge is 0.322 e. The molecule has 1 aromatic heterocycles. The molecule has 2 aliphatic rings. The van der Waals surface area contributed by atoms with Gasteiger partial charge in [0.15, 0.2) is 5.82 Å². The highest BCUT2D eigenvalue weighted by molar-refractivity contribution is 5.98. The predicted molar refractivity (Wildman–Crippen MR) is 97.0 cm³/mol. The van der Waals surface area contributed by atoms with Gasteiger partial charge < -0.3 is 15.6 Å². The van der Waals surface area contributed by atoms with Crippen molar-refractivity contribution in [2.24, 2.45) is 5.73 Å². The molecule has 26 heavy (non-hydrogen) atoms. The van der Waals surface area contributed by atoms with Crippen molar-refractivity contribution in [3.63, 3.8) is 0 Å². The summed E-state index contributed by atoms with van der Waals surface area (Å²) in [5.74, 6) is 0.908. The predicted octanol–water partition coefficient (Wildman–Crippen LogP) is 3.02. The maximum atomic E-state index is 14.3. The number of halogens is 1. The Kier molecular flexibility index (Phi) is 4.48. The second-order valence-electron chi connectivity index (χ2n) is 7.41. The molecule has 0 unspecified atom stereocenters. The minimum atomic E-state index is -0.894. The third-order valence-electron chi connectivity index (χ3n) is 5.53. The van der Waals surface area contributed by atoms with Gasteiger partial charge in [-0.05, 0) is 43.9 Å². The molecular weight excluding hydrogens is 333 g/mol. The number of nitrogens with two attached hydrogens (primary N) is 1. The standard InChI is InChI=1S/C19H24FN5O/c20-14-8-7-13(17-24-23-16-6-2-1-5-11-25(16)17)12-15(14)22-18(26)19(21)9-3-4-10-19/h7-8,12H,1-6,9-11,21H2,(H,22,26). The van der Waals surface area contributed by atoms with E-state index in [1.807, 2.05) is 0 Å². The number of nitrogens with one attached hydrogen (secondary N) is 1. The monoisotopic (exact) mass is 357 g/mol. The Balaban J connectivity index is 1.63. The zero-order valence-corrected chi connectivity index (χ0v) is 14.8. The molecule has 1 saturated carbocycles. The van der Waals surface area contributed by atoms with Crippen molar-refractivity contribution in [2.45, 2.75) is 63.5 Å². The molecule has 6 nitrogen and oxygen atoms in total. The first-order valence-corrected chi connectivity index (χ1v) is 9.39. The van der Waals surface area contributed by atoms with Crippen LogP contribution in [0.4, 0.5) is 10.1 Å². The summed E-state index contributed by atoms with van der Waals surface area (Å²) in [5, 5.41) is 11.3. The molecule has 1 aliphatic heterocycles. The van der Waals surface area contributed by atoms with Crippen molar-refractivity contribution in [2.75, 3.05) is 5.32 Å². The lowest BCUT2D eigenvalue weighted by molar-refractivity contribution is -0.121. The zero-order valence-electron chi connectivity index (χ0n) is 14.8. The van der Waals surface area contributed by atoms with Gasteiger partial charge in [0.25, 0.3) is 0 Å². The Labute approximate surface area is 152 Å². The normalized spacial score (nSPS) is 19.0. The van der Waals surface area contributed by atoms with Gasteiger partial charge in [0.1, 0.15) is 11.6 Å². The summed E-state index contributed by atoms with van der Waals surface area (Å²) in [6.07, 6.45) is 7.41. The van der Waals surface area contributed by atoms with Crippen LogP contribution in [0.15, 0.2) is 18.2 Å². The summed E-state index contributed by atoms with van der Waals surface area (Å²) in [4.78, 5) is 12.5. The summed E-state index contributed by atoms with van der Waals surface area (Å²) < 4.78 is 16.4. The smallest absolute Gasteiger partial charge is 0.244 e. The van der Waals surface area contributed by atoms with Gasteiger partial charge in [-0.15, -0.1) is 10.2 Å². The third-order valence-corrected chi connectivity index (χ3v) is 5.53. The molecule has 1 fully saturated rings. The Morgan fingerprint density at radius 3 is 2.77 bits per heavy atom.